The smallest absolute Gasteiger partial charge is 1.00 e. The van der Waals surface area contributed by atoms with Crippen molar-refractivity contribution in [2.24, 2.45) is 0 Å². The van der Waals surface area contributed by atoms with E-state index in [0.29, 0.717) is 0 Å². The van der Waals surface area contributed by atoms with Gasteiger partial charge in [-0.15, -0.1) is 0 Å². The van der Waals surface area contributed by atoms with Crippen molar-refractivity contribution in [1.82, 2.24) is 4.98 Å². The van der Waals surface area contributed by atoms with Crippen molar-refractivity contribution in [2.45, 2.75) is 0 Å². The fraction of sp³-hybridized carbons (Fsp3) is 0. The zero-order valence-electron chi connectivity index (χ0n) is 4.64. The zero-order valence-corrected chi connectivity index (χ0v) is 7.64. The summed E-state index contributed by atoms with van der Waals surface area (Å²) in [7, 11) is 0. The SMILES string of the molecule is Fc1cc[c-]cn1.[Br-].[Mg+2]. The molecule has 9 heavy (non-hydrogen) atoms. The van der Waals surface area contributed by atoms with Crippen LogP contribution in [-0.2, 0) is 0 Å². The molecule has 1 nitrogen and oxygen atoms in total. The van der Waals surface area contributed by atoms with Crippen LogP contribution in [0.3, 0.4) is 0 Å². The van der Waals surface area contributed by atoms with Gasteiger partial charge >= 0.3 is 23.1 Å². The molecule has 0 unspecified atom stereocenters. The number of rotatable bonds is 0. The first kappa shape index (κ1) is 12.0. The zero-order chi connectivity index (χ0) is 5.11. The van der Waals surface area contributed by atoms with Crippen LogP contribution in [0.2, 0.25) is 0 Å². The normalized spacial score (nSPS) is 6.78. The number of hydrogen-bond acceptors (Lipinski definition) is 1. The molecule has 0 radical (unpaired) electrons. The van der Waals surface area contributed by atoms with Crippen LogP contribution in [0.1, 0.15) is 0 Å². The van der Waals surface area contributed by atoms with Crippen LogP contribution in [0.4, 0.5) is 4.39 Å². The van der Waals surface area contributed by atoms with E-state index in [1.807, 2.05) is 0 Å². The van der Waals surface area contributed by atoms with Crippen LogP contribution >= 0.6 is 0 Å². The van der Waals surface area contributed by atoms with Crippen molar-refractivity contribution in [3.05, 3.63) is 30.3 Å². The minimum absolute atomic E-state index is 0. The van der Waals surface area contributed by atoms with E-state index in [1.165, 1.54) is 18.3 Å². The van der Waals surface area contributed by atoms with Gasteiger partial charge in [0.1, 0.15) is 5.95 Å². The Bertz CT molecular complexity index is 147. The molecular formula is C5H3BrFMgN. The molecule has 4 heteroatoms. The Labute approximate surface area is 79.6 Å². The minimum atomic E-state index is -0.459. The van der Waals surface area contributed by atoms with Crippen LogP contribution in [0.15, 0.2) is 18.3 Å². The van der Waals surface area contributed by atoms with Crippen molar-refractivity contribution >= 4 is 23.1 Å². The standard InChI is InChI=1S/C5H3FN.BrH.Mg/c6-5-3-1-2-4-7-5;;/h1,3-4H;1H;/q-1;;+2/p-1. The predicted molar refractivity (Wildman–Crippen MR) is 28.8 cm³/mol. The molecule has 1 rings (SSSR count). The number of hydrogen-bond donors (Lipinski definition) is 0. The number of aromatic nitrogens is 1. The molecule has 44 valence electrons. The molecule has 0 fully saturated rings. The minimum Gasteiger partial charge on any atom is -1.00 e. The van der Waals surface area contributed by atoms with Crippen LogP contribution in [0.25, 0.3) is 0 Å². The van der Waals surface area contributed by atoms with Gasteiger partial charge in [0.05, 0.1) is 0 Å². The fourth-order valence-corrected chi connectivity index (χ4v) is 0.302. The van der Waals surface area contributed by atoms with Gasteiger partial charge in [0.15, 0.2) is 0 Å². The van der Waals surface area contributed by atoms with Crippen molar-refractivity contribution in [1.29, 1.82) is 0 Å². The Morgan fingerprint density at radius 1 is 1.56 bits per heavy atom. The van der Waals surface area contributed by atoms with E-state index >= 15 is 0 Å². The molecule has 0 atom stereocenters. The van der Waals surface area contributed by atoms with Gasteiger partial charge in [-0.05, 0) is 0 Å². The van der Waals surface area contributed by atoms with Gasteiger partial charge in [-0.25, -0.2) is 16.5 Å². The summed E-state index contributed by atoms with van der Waals surface area (Å²) in [5, 5.41) is 0. The quantitative estimate of drug-likeness (QED) is 0.259. The maximum atomic E-state index is 11.8. The van der Waals surface area contributed by atoms with Crippen molar-refractivity contribution in [3.63, 3.8) is 0 Å². The Kier molecular flexibility index (Phi) is 8.63. The molecule has 1 aromatic rings. The summed E-state index contributed by atoms with van der Waals surface area (Å²) in [6.45, 7) is 0. The maximum Gasteiger partial charge on any atom is 2.00 e. The van der Waals surface area contributed by atoms with E-state index in [2.05, 4.69) is 11.1 Å². The fourth-order valence-electron chi connectivity index (χ4n) is 0.302. The molecule has 0 spiro atoms. The van der Waals surface area contributed by atoms with Crippen molar-refractivity contribution in [2.75, 3.05) is 0 Å². The average Bonchev–Trinajstić information content (AvgIpc) is 1.69. The van der Waals surface area contributed by atoms with E-state index in [4.69, 9.17) is 0 Å². The molecule has 0 aliphatic rings. The summed E-state index contributed by atoms with van der Waals surface area (Å²) in [5.74, 6) is -0.459. The van der Waals surface area contributed by atoms with Gasteiger partial charge in [-0.3, -0.25) is 4.98 Å². The summed E-state index contributed by atoms with van der Waals surface area (Å²) < 4.78 is 11.8. The molecule has 0 saturated heterocycles. The summed E-state index contributed by atoms with van der Waals surface area (Å²) >= 11 is 0. The third-order valence-electron chi connectivity index (χ3n) is 0.580. The van der Waals surface area contributed by atoms with E-state index in [0.717, 1.165) is 0 Å². The van der Waals surface area contributed by atoms with Gasteiger partial charge < -0.3 is 17.0 Å². The van der Waals surface area contributed by atoms with E-state index in [1.54, 1.807) is 0 Å². The molecule has 1 aromatic heterocycles. The van der Waals surface area contributed by atoms with Crippen LogP contribution < -0.4 is 17.0 Å². The summed E-state index contributed by atoms with van der Waals surface area (Å²) in [4.78, 5) is 3.26. The van der Waals surface area contributed by atoms with E-state index in [9.17, 15) is 4.39 Å². The Morgan fingerprint density at radius 3 is 2.44 bits per heavy atom. The number of nitrogens with zero attached hydrogens (tertiary/aromatic N) is 1. The summed E-state index contributed by atoms with van der Waals surface area (Å²) in [5.41, 5.74) is 0. The first-order valence-electron chi connectivity index (χ1n) is 1.87. The van der Waals surface area contributed by atoms with Gasteiger partial charge in [-0.1, -0.05) is 6.20 Å². The Balaban J connectivity index is 0. The topological polar surface area (TPSA) is 12.9 Å². The van der Waals surface area contributed by atoms with Gasteiger partial charge in [0.2, 0.25) is 0 Å². The molecule has 0 aliphatic heterocycles. The third-order valence-corrected chi connectivity index (χ3v) is 0.580. The first-order valence-corrected chi connectivity index (χ1v) is 1.87. The van der Waals surface area contributed by atoms with Crippen molar-refractivity contribution < 1.29 is 21.4 Å². The molecule has 0 aliphatic carbocycles. The molecule has 0 aromatic carbocycles. The summed E-state index contributed by atoms with van der Waals surface area (Å²) in [6, 6.07) is 5.31. The maximum absolute atomic E-state index is 11.8. The molecular weight excluding hydrogens is 197 g/mol. The van der Waals surface area contributed by atoms with Gasteiger partial charge in [0.25, 0.3) is 0 Å². The number of halogens is 2. The van der Waals surface area contributed by atoms with Gasteiger partial charge in [-0.2, -0.15) is 6.07 Å². The third kappa shape index (κ3) is 4.81. The Hall–Kier alpha value is 0.326. The second-order valence-corrected chi connectivity index (χ2v) is 1.08. The first-order chi connectivity index (χ1) is 3.39. The van der Waals surface area contributed by atoms with Crippen LogP contribution in [0, 0.1) is 12.0 Å². The Morgan fingerprint density at radius 2 is 2.22 bits per heavy atom. The molecule has 0 saturated carbocycles. The number of pyridine rings is 1. The van der Waals surface area contributed by atoms with Gasteiger partial charge in [0, 0.05) is 0 Å². The predicted octanol–water partition coefficient (Wildman–Crippen LogP) is -2.36. The second kappa shape index (κ2) is 6.45. The van der Waals surface area contributed by atoms with Crippen LogP contribution in [-0.4, -0.2) is 28.0 Å². The largest absolute Gasteiger partial charge is 2.00 e. The van der Waals surface area contributed by atoms with Crippen molar-refractivity contribution in [3.8, 4) is 0 Å². The molecule has 0 N–H and O–H groups in total. The molecule has 0 bridgehead atoms. The summed E-state index contributed by atoms with van der Waals surface area (Å²) in [6.07, 6.45) is 1.29. The van der Waals surface area contributed by atoms with E-state index in [-0.39, 0.29) is 40.0 Å². The molecule has 1 heterocycles. The van der Waals surface area contributed by atoms with E-state index < -0.39 is 5.95 Å². The average molecular weight is 200 g/mol. The molecule has 0 amide bonds. The monoisotopic (exact) mass is 199 g/mol. The second-order valence-electron chi connectivity index (χ2n) is 1.08. The van der Waals surface area contributed by atoms with Crippen LogP contribution in [0.5, 0.6) is 0 Å².